The van der Waals surface area contributed by atoms with E-state index in [2.05, 4.69) is 5.32 Å². The molecule has 1 N–H and O–H groups in total. The fourth-order valence-corrected chi connectivity index (χ4v) is 4.75. The van der Waals surface area contributed by atoms with Crippen molar-refractivity contribution in [3.05, 3.63) is 65.2 Å². The fourth-order valence-electron chi connectivity index (χ4n) is 3.65. The van der Waals surface area contributed by atoms with Gasteiger partial charge in [0, 0.05) is 18.7 Å². The molecule has 1 aliphatic heterocycles. The Kier molecular flexibility index (Phi) is 7.16. The van der Waals surface area contributed by atoms with Crippen LogP contribution in [-0.2, 0) is 27.4 Å². The molecule has 33 heavy (non-hydrogen) atoms. The number of rotatable bonds is 6. The van der Waals surface area contributed by atoms with E-state index in [1.165, 1.54) is 41.3 Å². The number of halogens is 3. The molecule has 1 atom stereocenters. The molecule has 10 heteroatoms. The number of carbonyl (C=O) groups is 2. The molecule has 0 aromatic heterocycles. The second-order valence-corrected chi connectivity index (χ2v) is 10.7. The first kappa shape index (κ1) is 24.8. The van der Waals surface area contributed by atoms with Crippen molar-refractivity contribution in [2.75, 3.05) is 6.54 Å². The van der Waals surface area contributed by atoms with Gasteiger partial charge in [0.25, 0.3) is 5.91 Å². The van der Waals surface area contributed by atoms with Gasteiger partial charge in [-0.25, -0.2) is 8.42 Å². The highest BCUT2D eigenvalue weighted by Gasteiger charge is 2.35. The minimum Gasteiger partial charge on any atom is -0.350 e. The van der Waals surface area contributed by atoms with Gasteiger partial charge in [0.2, 0.25) is 5.91 Å². The van der Waals surface area contributed by atoms with Crippen LogP contribution in [0, 0.1) is 0 Å². The molecule has 2 amide bonds. The van der Waals surface area contributed by atoms with Gasteiger partial charge < -0.3 is 10.2 Å². The van der Waals surface area contributed by atoms with E-state index < -0.39 is 44.7 Å². The first-order valence-corrected chi connectivity index (χ1v) is 12.0. The number of benzene rings is 2. The fraction of sp³-hybridized carbons (Fsp3) is 0.391. The lowest BCUT2D eigenvalue weighted by Gasteiger charge is -2.24. The Balaban J connectivity index is 1.69. The van der Waals surface area contributed by atoms with Gasteiger partial charge in [0.05, 0.1) is 15.7 Å². The molecule has 0 spiro atoms. The number of nitrogens with zero attached hydrogens (tertiary/aromatic N) is 1. The molecule has 2 aromatic rings. The summed E-state index contributed by atoms with van der Waals surface area (Å²) in [6, 6.07) is 9.52. The lowest BCUT2D eigenvalue weighted by atomic mass is 10.1. The summed E-state index contributed by atoms with van der Waals surface area (Å²) < 4.78 is 62.9. The highest BCUT2D eigenvalue weighted by molar-refractivity contribution is 7.92. The van der Waals surface area contributed by atoms with E-state index in [0.29, 0.717) is 24.9 Å². The van der Waals surface area contributed by atoms with Crippen LogP contribution >= 0.6 is 0 Å². The van der Waals surface area contributed by atoms with Gasteiger partial charge in [-0.15, -0.1) is 0 Å². The van der Waals surface area contributed by atoms with Crippen molar-refractivity contribution in [3.8, 4) is 0 Å². The first-order chi connectivity index (χ1) is 15.4. The number of amides is 2. The maximum atomic E-state index is 13.1. The van der Waals surface area contributed by atoms with E-state index in [1.807, 2.05) is 0 Å². The summed E-state index contributed by atoms with van der Waals surface area (Å²) in [5.41, 5.74) is -0.0927. The van der Waals surface area contributed by atoms with Crippen molar-refractivity contribution in [2.24, 2.45) is 0 Å². The van der Waals surface area contributed by atoms with Crippen molar-refractivity contribution < 1.29 is 31.2 Å². The number of sulfone groups is 1. The Morgan fingerprint density at radius 2 is 1.79 bits per heavy atom. The van der Waals surface area contributed by atoms with Crippen molar-refractivity contribution in [3.63, 3.8) is 0 Å². The molecule has 1 saturated heterocycles. The summed E-state index contributed by atoms with van der Waals surface area (Å²) >= 11 is 0. The van der Waals surface area contributed by atoms with Crippen LogP contribution in [0.2, 0.25) is 0 Å². The Bertz CT molecular complexity index is 1130. The first-order valence-electron chi connectivity index (χ1n) is 10.5. The van der Waals surface area contributed by atoms with Crippen LogP contribution in [0.1, 0.15) is 48.2 Å². The second kappa shape index (κ2) is 9.54. The highest BCUT2D eigenvalue weighted by atomic mass is 32.2. The van der Waals surface area contributed by atoms with Gasteiger partial charge in [0.1, 0.15) is 6.04 Å². The van der Waals surface area contributed by atoms with Crippen LogP contribution in [-0.4, -0.2) is 43.0 Å². The van der Waals surface area contributed by atoms with Gasteiger partial charge in [-0.1, -0.05) is 18.2 Å². The Hall–Kier alpha value is -2.88. The molecular formula is C23H25F3N2O4S. The number of hydrogen-bond acceptors (Lipinski definition) is 4. The van der Waals surface area contributed by atoms with Gasteiger partial charge in [-0.05, 0) is 62.6 Å². The average molecular weight is 483 g/mol. The third-order valence-electron chi connectivity index (χ3n) is 5.59. The summed E-state index contributed by atoms with van der Waals surface area (Å²) in [4.78, 5) is 27.2. The lowest BCUT2D eigenvalue weighted by molar-refractivity contribution is -0.137. The Morgan fingerprint density at radius 1 is 1.12 bits per heavy atom. The van der Waals surface area contributed by atoms with Crippen LogP contribution in [0.15, 0.2) is 53.4 Å². The van der Waals surface area contributed by atoms with E-state index in [4.69, 9.17) is 0 Å². The maximum Gasteiger partial charge on any atom is 0.416 e. The summed E-state index contributed by atoms with van der Waals surface area (Å²) in [6.07, 6.45) is -3.39. The number of carbonyl (C=O) groups excluding carboxylic acids is 2. The van der Waals surface area contributed by atoms with Crippen LogP contribution in [0.5, 0.6) is 0 Å². The molecule has 2 aromatic carbocycles. The van der Waals surface area contributed by atoms with Crippen LogP contribution < -0.4 is 5.32 Å². The molecule has 1 heterocycles. The zero-order valence-corrected chi connectivity index (χ0v) is 19.0. The molecule has 0 aliphatic carbocycles. The molecule has 0 bridgehead atoms. The Labute approximate surface area is 190 Å². The molecule has 0 radical (unpaired) electrons. The molecule has 6 nitrogen and oxygen atoms in total. The standard InChI is InChI=1S/C23H25F3N2O4S/c1-15(2)33(31,32)19-6-3-5-17(13-19)22(30)28-12-4-7-20(28)21(29)27-14-16-8-10-18(11-9-16)23(24,25)26/h3,5-6,8-11,13,15,20H,4,7,12,14H2,1-2H3,(H,27,29)/t20-/m1/s1. The minimum atomic E-state index is -4.43. The second-order valence-electron chi connectivity index (χ2n) is 8.19. The van der Waals surface area contributed by atoms with E-state index >= 15 is 0 Å². The van der Waals surface area contributed by atoms with Crippen molar-refractivity contribution in [2.45, 2.75) is 55.6 Å². The van der Waals surface area contributed by atoms with Crippen molar-refractivity contribution in [1.29, 1.82) is 0 Å². The number of hydrogen-bond donors (Lipinski definition) is 1. The number of alkyl halides is 3. The summed E-state index contributed by atoms with van der Waals surface area (Å²) in [5, 5.41) is 2.04. The van der Waals surface area contributed by atoms with Crippen LogP contribution in [0.4, 0.5) is 13.2 Å². The summed E-state index contributed by atoms with van der Waals surface area (Å²) in [7, 11) is -3.56. The predicted octanol–water partition coefficient (Wildman–Crippen LogP) is 3.81. The third-order valence-corrected chi connectivity index (χ3v) is 7.75. The van der Waals surface area contributed by atoms with Gasteiger partial charge in [-0.2, -0.15) is 13.2 Å². The molecule has 0 saturated carbocycles. The van der Waals surface area contributed by atoms with Crippen LogP contribution in [0.3, 0.4) is 0 Å². The van der Waals surface area contributed by atoms with E-state index in [-0.39, 0.29) is 17.0 Å². The third kappa shape index (κ3) is 5.55. The largest absolute Gasteiger partial charge is 0.416 e. The number of nitrogens with one attached hydrogen (secondary N) is 1. The monoisotopic (exact) mass is 482 g/mol. The lowest BCUT2D eigenvalue weighted by Crippen LogP contribution is -2.45. The van der Waals surface area contributed by atoms with Crippen molar-refractivity contribution >= 4 is 21.7 Å². The Morgan fingerprint density at radius 3 is 2.39 bits per heavy atom. The molecule has 0 unspecified atom stereocenters. The van der Waals surface area contributed by atoms with Crippen molar-refractivity contribution in [1.82, 2.24) is 10.2 Å². The zero-order valence-electron chi connectivity index (χ0n) is 18.2. The smallest absolute Gasteiger partial charge is 0.350 e. The summed E-state index contributed by atoms with van der Waals surface area (Å²) in [6.45, 7) is 3.48. The zero-order chi connectivity index (χ0) is 24.4. The molecule has 3 rings (SSSR count). The number of likely N-dealkylation sites (tertiary alicyclic amines) is 1. The molecule has 1 fully saturated rings. The van der Waals surface area contributed by atoms with Gasteiger partial charge in [-0.3, -0.25) is 9.59 Å². The minimum absolute atomic E-state index is 0.0254. The highest BCUT2D eigenvalue weighted by Crippen LogP contribution is 2.29. The maximum absolute atomic E-state index is 13.1. The van der Waals surface area contributed by atoms with E-state index in [1.54, 1.807) is 13.8 Å². The van der Waals surface area contributed by atoms with Crippen LogP contribution in [0.25, 0.3) is 0 Å². The van der Waals surface area contributed by atoms with Gasteiger partial charge in [0.15, 0.2) is 9.84 Å². The predicted molar refractivity (Wildman–Crippen MR) is 116 cm³/mol. The normalized spacial score (nSPS) is 16.8. The summed E-state index contributed by atoms with van der Waals surface area (Å²) in [5.74, 6) is -0.852. The van der Waals surface area contributed by atoms with Gasteiger partial charge >= 0.3 is 6.18 Å². The van der Waals surface area contributed by atoms with E-state index in [9.17, 15) is 31.2 Å². The topological polar surface area (TPSA) is 83.6 Å². The SMILES string of the molecule is CC(C)S(=O)(=O)c1cccc(C(=O)N2CCC[C@@H]2C(=O)NCc2ccc(C(F)(F)F)cc2)c1. The molecular weight excluding hydrogens is 457 g/mol. The van der Waals surface area contributed by atoms with E-state index in [0.717, 1.165) is 12.1 Å². The average Bonchev–Trinajstić information content (AvgIpc) is 3.26. The molecule has 1 aliphatic rings. The molecule has 178 valence electrons. The quantitative estimate of drug-likeness (QED) is 0.679.